The van der Waals surface area contributed by atoms with Crippen LogP contribution >= 0.6 is 0 Å². The Labute approximate surface area is 163 Å². The van der Waals surface area contributed by atoms with E-state index in [1.54, 1.807) is 25.1 Å². The summed E-state index contributed by atoms with van der Waals surface area (Å²) in [5, 5.41) is 0. The van der Waals surface area contributed by atoms with Crippen LogP contribution in [0.2, 0.25) is 0 Å². The zero-order chi connectivity index (χ0) is 20.3. The maximum absolute atomic E-state index is 14.5. The van der Waals surface area contributed by atoms with Gasteiger partial charge < -0.3 is 15.5 Å². The molecule has 0 fully saturated rings. The van der Waals surface area contributed by atoms with Crippen LogP contribution in [0.25, 0.3) is 5.57 Å². The summed E-state index contributed by atoms with van der Waals surface area (Å²) in [6, 6.07) is 12.5. The van der Waals surface area contributed by atoms with Crippen molar-refractivity contribution in [2.75, 3.05) is 27.2 Å². The number of nitrogens with zero attached hydrogens (tertiary/aromatic N) is 2. The Morgan fingerprint density at radius 3 is 2.57 bits per heavy atom. The molecule has 146 valence electrons. The molecule has 0 saturated carbocycles. The average molecular weight is 383 g/mol. The van der Waals surface area contributed by atoms with Gasteiger partial charge in [-0.2, -0.15) is 0 Å². The summed E-state index contributed by atoms with van der Waals surface area (Å²) in [6.45, 7) is 0.428. The summed E-state index contributed by atoms with van der Waals surface area (Å²) in [5.41, 5.74) is 6.26. The van der Waals surface area contributed by atoms with Crippen LogP contribution in [0.3, 0.4) is 0 Å². The lowest BCUT2D eigenvalue weighted by atomic mass is 9.88. The lowest BCUT2D eigenvalue weighted by molar-refractivity contribution is 0.153. The highest BCUT2D eigenvalue weighted by atomic mass is 19.1. The van der Waals surface area contributed by atoms with Crippen molar-refractivity contribution in [3.63, 3.8) is 0 Å². The van der Waals surface area contributed by atoms with E-state index < -0.39 is 17.2 Å². The lowest BCUT2D eigenvalue weighted by Gasteiger charge is -2.37. The molecular formula is C22H23F2N3O. The van der Waals surface area contributed by atoms with Gasteiger partial charge >= 0.3 is 6.03 Å². The summed E-state index contributed by atoms with van der Waals surface area (Å²) in [6.07, 6.45) is 5.42. The predicted molar refractivity (Wildman–Crippen MR) is 106 cm³/mol. The number of urea groups is 1. The Hall–Kier alpha value is -2.99. The highest BCUT2D eigenvalue weighted by Crippen LogP contribution is 2.42. The second-order valence-electron chi connectivity index (χ2n) is 6.89. The van der Waals surface area contributed by atoms with Crippen molar-refractivity contribution in [3.8, 4) is 0 Å². The van der Waals surface area contributed by atoms with E-state index in [1.807, 2.05) is 42.5 Å². The third kappa shape index (κ3) is 3.55. The van der Waals surface area contributed by atoms with Crippen molar-refractivity contribution in [2.24, 2.45) is 5.73 Å². The topological polar surface area (TPSA) is 49.6 Å². The summed E-state index contributed by atoms with van der Waals surface area (Å²) in [7, 11) is 3.32. The number of amides is 2. The third-order valence-electron chi connectivity index (χ3n) is 4.80. The standard InChI is InChI=1S/C22H23F2N3O/c1-26(2)21(28)27-15-16(19-13-18(23)9-10-20(19)24)14-22(27,11-6-12-25)17-7-4-3-5-8-17/h3-11,13-14H,12,15,25H2,1-2H3/b11-6+. The van der Waals surface area contributed by atoms with Gasteiger partial charge in [-0.15, -0.1) is 0 Å². The van der Waals surface area contributed by atoms with Gasteiger partial charge in [0, 0.05) is 32.7 Å². The molecule has 3 rings (SSSR count). The van der Waals surface area contributed by atoms with Crippen LogP contribution in [-0.4, -0.2) is 43.0 Å². The van der Waals surface area contributed by atoms with E-state index in [0.717, 1.165) is 23.8 Å². The smallest absolute Gasteiger partial charge is 0.321 e. The van der Waals surface area contributed by atoms with Crippen LogP contribution in [0.5, 0.6) is 0 Å². The summed E-state index contributed by atoms with van der Waals surface area (Å²) < 4.78 is 28.2. The minimum absolute atomic E-state index is 0.140. The van der Waals surface area contributed by atoms with Gasteiger partial charge in [0.25, 0.3) is 0 Å². The van der Waals surface area contributed by atoms with E-state index in [9.17, 15) is 13.6 Å². The molecule has 1 atom stereocenters. The molecule has 1 aliphatic heterocycles. The average Bonchev–Trinajstić information content (AvgIpc) is 3.08. The first kappa shape index (κ1) is 19.8. The van der Waals surface area contributed by atoms with Crippen LogP contribution in [0.1, 0.15) is 11.1 Å². The number of rotatable bonds is 4. The molecule has 2 N–H and O–H groups in total. The van der Waals surface area contributed by atoms with Crippen LogP contribution < -0.4 is 5.73 Å². The van der Waals surface area contributed by atoms with E-state index in [1.165, 1.54) is 4.90 Å². The monoisotopic (exact) mass is 383 g/mol. The Morgan fingerprint density at radius 1 is 1.21 bits per heavy atom. The van der Waals surface area contributed by atoms with Crippen LogP contribution in [0.15, 0.2) is 66.8 Å². The summed E-state index contributed by atoms with van der Waals surface area (Å²) >= 11 is 0. The fraction of sp³-hybridized carbons (Fsp3) is 0.227. The molecule has 2 aromatic carbocycles. The Morgan fingerprint density at radius 2 is 1.93 bits per heavy atom. The first-order valence-electron chi connectivity index (χ1n) is 8.98. The normalized spacial score (nSPS) is 19.2. The summed E-state index contributed by atoms with van der Waals surface area (Å²) in [5.74, 6) is -1.06. The number of hydrogen-bond donors (Lipinski definition) is 1. The van der Waals surface area contributed by atoms with Crippen LogP contribution in [-0.2, 0) is 5.54 Å². The molecule has 6 heteroatoms. The van der Waals surface area contributed by atoms with Crippen molar-refractivity contribution < 1.29 is 13.6 Å². The van der Waals surface area contributed by atoms with Crippen molar-refractivity contribution >= 4 is 11.6 Å². The molecule has 0 saturated heterocycles. The van der Waals surface area contributed by atoms with Crippen LogP contribution in [0.4, 0.5) is 13.6 Å². The number of nitrogens with two attached hydrogens (primary N) is 1. The van der Waals surface area contributed by atoms with E-state index in [-0.39, 0.29) is 24.7 Å². The highest BCUT2D eigenvalue weighted by Gasteiger charge is 2.43. The zero-order valence-electron chi connectivity index (χ0n) is 15.9. The Bertz CT molecular complexity index is 925. The lowest BCUT2D eigenvalue weighted by Crippen LogP contribution is -2.48. The van der Waals surface area contributed by atoms with E-state index >= 15 is 0 Å². The molecule has 0 aromatic heterocycles. The molecular weight excluding hydrogens is 360 g/mol. The largest absolute Gasteiger partial charge is 0.331 e. The van der Waals surface area contributed by atoms with Gasteiger partial charge in [-0.1, -0.05) is 42.5 Å². The minimum atomic E-state index is -0.948. The fourth-order valence-corrected chi connectivity index (χ4v) is 3.49. The second kappa shape index (κ2) is 7.94. The van der Waals surface area contributed by atoms with Gasteiger partial charge in [-0.3, -0.25) is 0 Å². The molecule has 2 amide bonds. The van der Waals surface area contributed by atoms with Crippen molar-refractivity contribution in [1.82, 2.24) is 9.80 Å². The third-order valence-corrected chi connectivity index (χ3v) is 4.80. The molecule has 1 heterocycles. The van der Waals surface area contributed by atoms with Gasteiger partial charge in [0.05, 0.1) is 0 Å². The molecule has 4 nitrogen and oxygen atoms in total. The number of benzene rings is 2. The SMILES string of the molecule is CN(C)C(=O)N1CC(c2cc(F)ccc2F)=CC1(/C=C/CN)c1ccccc1. The van der Waals surface area contributed by atoms with Gasteiger partial charge in [0.2, 0.25) is 0 Å². The van der Waals surface area contributed by atoms with Crippen molar-refractivity contribution in [2.45, 2.75) is 5.54 Å². The number of halogens is 2. The number of hydrogen-bond acceptors (Lipinski definition) is 2. The van der Waals surface area contributed by atoms with Gasteiger partial charge in [0.15, 0.2) is 0 Å². The van der Waals surface area contributed by atoms with Crippen LogP contribution in [0, 0.1) is 11.6 Å². The van der Waals surface area contributed by atoms with Gasteiger partial charge in [-0.25, -0.2) is 13.6 Å². The molecule has 28 heavy (non-hydrogen) atoms. The Balaban J connectivity index is 2.23. The quantitative estimate of drug-likeness (QED) is 0.818. The van der Waals surface area contributed by atoms with Crippen molar-refractivity contribution in [1.29, 1.82) is 0 Å². The van der Waals surface area contributed by atoms with Gasteiger partial charge in [0.1, 0.15) is 17.2 Å². The maximum atomic E-state index is 14.5. The van der Waals surface area contributed by atoms with Gasteiger partial charge in [-0.05, 0) is 35.4 Å². The van der Waals surface area contributed by atoms with E-state index in [4.69, 9.17) is 5.73 Å². The highest BCUT2D eigenvalue weighted by molar-refractivity contribution is 5.84. The first-order valence-corrected chi connectivity index (χ1v) is 8.98. The zero-order valence-corrected chi connectivity index (χ0v) is 15.9. The minimum Gasteiger partial charge on any atom is -0.331 e. The molecule has 0 aliphatic carbocycles. The van der Waals surface area contributed by atoms with E-state index in [2.05, 4.69) is 0 Å². The summed E-state index contributed by atoms with van der Waals surface area (Å²) in [4.78, 5) is 16.1. The fourth-order valence-electron chi connectivity index (χ4n) is 3.49. The molecule has 0 spiro atoms. The first-order chi connectivity index (χ1) is 13.4. The van der Waals surface area contributed by atoms with E-state index in [0.29, 0.717) is 5.57 Å². The predicted octanol–water partition coefficient (Wildman–Crippen LogP) is 3.76. The number of carbonyl (C=O) groups excluding carboxylic acids is 1. The van der Waals surface area contributed by atoms with Crippen molar-refractivity contribution in [3.05, 3.63) is 89.5 Å². The molecule has 0 radical (unpaired) electrons. The molecule has 2 aromatic rings. The molecule has 1 aliphatic rings. The molecule has 1 unspecified atom stereocenters. The Kier molecular flexibility index (Phi) is 5.61. The second-order valence-corrected chi connectivity index (χ2v) is 6.89. The molecule has 0 bridgehead atoms. The maximum Gasteiger partial charge on any atom is 0.321 e. The number of carbonyl (C=O) groups is 1.